The topological polar surface area (TPSA) is 84.8 Å². The van der Waals surface area contributed by atoms with Crippen LogP contribution in [0.25, 0.3) is 0 Å². The lowest BCUT2D eigenvalue weighted by Gasteiger charge is -2.29. The Morgan fingerprint density at radius 3 is 2.19 bits per heavy atom. The van der Waals surface area contributed by atoms with Gasteiger partial charge in [-0.15, -0.1) is 0 Å². The predicted octanol–water partition coefficient (Wildman–Crippen LogP) is 3.45. The molecule has 1 aliphatic heterocycles. The first-order valence-electron chi connectivity index (χ1n) is 10.3. The molecule has 0 saturated carbocycles. The molecule has 32 heavy (non-hydrogen) atoms. The fourth-order valence-corrected chi connectivity index (χ4v) is 4.28. The van der Waals surface area contributed by atoms with E-state index in [-0.39, 0.29) is 11.6 Å². The van der Waals surface area contributed by atoms with Crippen molar-refractivity contribution in [3.05, 3.63) is 90.3 Å². The van der Waals surface area contributed by atoms with Gasteiger partial charge in [0.25, 0.3) is 11.8 Å². The summed E-state index contributed by atoms with van der Waals surface area (Å²) in [5, 5.41) is -0.0578. The van der Waals surface area contributed by atoms with Gasteiger partial charge in [0.15, 0.2) is 5.16 Å². The van der Waals surface area contributed by atoms with Gasteiger partial charge >= 0.3 is 0 Å². The first-order valence-corrected chi connectivity index (χ1v) is 11.1. The van der Waals surface area contributed by atoms with Gasteiger partial charge in [0.2, 0.25) is 0 Å². The number of aliphatic imine (C=N–C) groups is 1. The third kappa shape index (κ3) is 5.46. The van der Waals surface area contributed by atoms with E-state index in [1.807, 2.05) is 36.4 Å². The minimum atomic E-state index is -0.554. The Balaban J connectivity index is 1.77. The number of hydrogen-bond donors (Lipinski definition) is 0. The Labute approximate surface area is 190 Å². The summed E-state index contributed by atoms with van der Waals surface area (Å²) in [5.74, 6) is -0.743. The molecule has 1 unspecified atom stereocenters. The first-order chi connectivity index (χ1) is 15.7. The number of hydrogen-bond acceptors (Lipinski definition) is 6. The highest BCUT2D eigenvalue weighted by Crippen LogP contribution is 2.35. The van der Waals surface area contributed by atoms with Crippen LogP contribution in [-0.4, -0.2) is 58.7 Å². The molecule has 0 radical (unpaired) electrons. The number of nitrogens with zero attached hydrogens (tertiary/aromatic N) is 4. The molecule has 1 aliphatic rings. The molecule has 7 nitrogen and oxygen atoms in total. The molecule has 1 aromatic heterocycles. The van der Waals surface area contributed by atoms with E-state index in [1.54, 1.807) is 47.6 Å². The third-order valence-electron chi connectivity index (χ3n) is 4.88. The number of aromatic nitrogens is 2. The number of carbonyl (C=O) groups is 2. The van der Waals surface area contributed by atoms with Gasteiger partial charge in [-0.2, -0.15) is 0 Å². The third-order valence-corrected chi connectivity index (χ3v) is 6.03. The Bertz CT molecular complexity index is 1070. The van der Waals surface area contributed by atoms with Gasteiger partial charge in [0, 0.05) is 31.0 Å². The summed E-state index contributed by atoms with van der Waals surface area (Å²) in [6.45, 7) is 1.81. The number of ether oxygens (including phenoxy) is 1. The zero-order valence-electron chi connectivity index (χ0n) is 17.3. The van der Waals surface area contributed by atoms with Crippen LogP contribution in [0, 0.1) is 0 Å². The van der Waals surface area contributed by atoms with E-state index in [9.17, 15) is 9.59 Å². The van der Waals surface area contributed by atoms with Gasteiger partial charge in [0.1, 0.15) is 5.71 Å². The maximum Gasteiger partial charge on any atom is 0.277 e. The second-order valence-electron chi connectivity index (χ2n) is 7.01. The zero-order chi connectivity index (χ0) is 22.2. The molecule has 2 aromatic carbocycles. The van der Waals surface area contributed by atoms with Crippen molar-refractivity contribution in [1.29, 1.82) is 0 Å². The molecule has 0 bridgehead atoms. The standard InChI is InChI=1S/C24H22N4O3S/c29-22(19-10-5-2-6-11-19)27-20(23(30)28-14-16-31-17-15-28)21(18-8-3-1-4-9-18)32-24-25-12-7-13-26-24/h1-13,21H,14-17H2. The monoisotopic (exact) mass is 446 g/mol. The molecule has 2 amide bonds. The Morgan fingerprint density at radius 2 is 1.53 bits per heavy atom. The van der Waals surface area contributed by atoms with Crippen LogP contribution in [0.5, 0.6) is 0 Å². The molecule has 1 fully saturated rings. The van der Waals surface area contributed by atoms with Crippen molar-refractivity contribution in [3.63, 3.8) is 0 Å². The normalized spacial score (nSPS) is 15.2. The maximum absolute atomic E-state index is 13.6. The number of benzene rings is 2. The van der Waals surface area contributed by atoms with Crippen molar-refractivity contribution in [2.45, 2.75) is 10.4 Å². The molecule has 0 spiro atoms. The quantitative estimate of drug-likeness (QED) is 0.328. The van der Waals surface area contributed by atoms with Crippen molar-refractivity contribution in [3.8, 4) is 0 Å². The molecule has 162 valence electrons. The minimum Gasteiger partial charge on any atom is -0.378 e. The largest absolute Gasteiger partial charge is 0.378 e. The van der Waals surface area contributed by atoms with Gasteiger partial charge < -0.3 is 9.64 Å². The number of morpholine rings is 1. The SMILES string of the molecule is O=C(N=C(C(=O)N1CCOCC1)C(Sc1ncccn1)c1ccccc1)c1ccccc1. The lowest BCUT2D eigenvalue weighted by molar-refractivity contribution is -0.128. The highest BCUT2D eigenvalue weighted by molar-refractivity contribution is 8.00. The number of rotatable bonds is 6. The smallest absolute Gasteiger partial charge is 0.277 e. The van der Waals surface area contributed by atoms with Crippen molar-refractivity contribution < 1.29 is 14.3 Å². The second kappa shape index (κ2) is 10.8. The average Bonchev–Trinajstić information content (AvgIpc) is 2.88. The predicted molar refractivity (Wildman–Crippen MR) is 123 cm³/mol. The first kappa shape index (κ1) is 21.9. The van der Waals surface area contributed by atoms with Gasteiger partial charge in [-0.05, 0) is 23.8 Å². The second-order valence-corrected chi connectivity index (χ2v) is 8.08. The molecular weight excluding hydrogens is 424 g/mol. The fraction of sp³-hybridized carbons (Fsp3) is 0.208. The summed E-state index contributed by atoms with van der Waals surface area (Å²) in [7, 11) is 0. The highest BCUT2D eigenvalue weighted by Gasteiger charge is 2.32. The van der Waals surface area contributed by atoms with Crippen LogP contribution in [0.4, 0.5) is 0 Å². The van der Waals surface area contributed by atoms with E-state index >= 15 is 0 Å². The lowest BCUT2D eigenvalue weighted by Crippen LogP contribution is -2.45. The molecule has 0 aliphatic carbocycles. The van der Waals surface area contributed by atoms with Crippen LogP contribution in [0.3, 0.4) is 0 Å². The minimum absolute atomic E-state index is 0.157. The fourth-order valence-electron chi connectivity index (χ4n) is 3.26. The molecule has 3 aromatic rings. The Hall–Kier alpha value is -3.36. The summed E-state index contributed by atoms with van der Waals surface area (Å²) in [5.41, 5.74) is 1.42. The van der Waals surface area contributed by atoms with Crippen LogP contribution in [0.1, 0.15) is 21.2 Å². The van der Waals surface area contributed by atoms with Crippen molar-refractivity contribution in [1.82, 2.24) is 14.9 Å². The maximum atomic E-state index is 13.6. The van der Waals surface area contributed by atoms with Crippen molar-refractivity contribution in [2.75, 3.05) is 26.3 Å². The van der Waals surface area contributed by atoms with Crippen LogP contribution >= 0.6 is 11.8 Å². The molecule has 2 heterocycles. The number of thioether (sulfide) groups is 1. The van der Waals surface area contributed by atoms with Gasteiger partial charge in [-0.3, -0.25) is 9.59 Å². The average molecular weight is 447 g/mol. The summed E-state index contributed by atoms with van der Waals surface area (Å²) in [4.78, 5) is 41.3. The molecule has 0 N–H and O–H groups in total. The van der Waals surface area contributed by atoms with E-state index in [4.69, 9.17) is 4.74 Å². The molecule has 8 heteroatoms. The van der Waals surface area contributed by atoms with Crippen LogP contribution in [-0.2, 0) is 9.53 Å². The van der Waals surface area contributed by atoms with Gasteiger partial charge in [-0.25, -0.2) is 15.0 Å². The number of amides is 2. The summed E-state index contributed by atoms with van der Waals surface area (Å²) in [6, 6.07) is 20.0. The van der Waals surface area contributed by atoms with E-state index in [0.29, 0.717) is 37.0 Å². The van der Waals surface area contributed by atoms with E-state index in [1.165, 1.54) is 11.8 Å². The lowest BCUT2D eigenvalue weighted by atomic mass is 10.1. The van der Waals surface area contributed by atoms with Crippen molar-refractivity contribution >= 4 is 29.3 Å². The Morgan fingerprint density at radius 1 is 0.906 bits per heavy atom. The van der Waals surface area contributed by atoms with Crippen LogP contribution in [0.2, 0.25) is 0 Å². The molecule has 4 rings (SSSR count). The van der Waals surface area contributed by atoms with Crippen LogP contribution in [0.15, 0.2) is 89.3 Å². The van der Waals surface area contributed by atoms with Gasteiger partial charge in [0.05, 0.1) is 18.5 Å². The number of carbonyl (C=O) groups excluding carboxylic acids is 2. The van der Waals surface area contributed by atoms with Crippen molar-refractivity contribution in [2.24, 2.45) is 4.99 Å². The van der Waals surface area contributed by atoms with E-state index < -0.39 is 11.2 Å². The van der Waals surface area contributed by atoms with E-state index in [0.717, 1.165) is 5.56 Å². The molecular formula is C24H22N4O3S. The zero-order valence-corrected chi connectivity index (χ0v) is 18.1. The Kier molecular flexibility index (Phi) is 7.37. The summed E-state index contributed by atoms with van der Waals surface area (Å²) in [6.07, 6.45) is 3.29. The highest BCUT2D eigenvalue weighted by atomic mass is 32.2. The summed E-state index contributed by atoms with van der Waals surface area (Å²) >= 11 is 1.30. The van der Waals surface area contributed by atoms with Gasteiger partial charge in [-0.1, -0.05) is 60.3 Å². The molecule has 1 atom stereocenters. The summed E-state index contributed by atoms with van der Waals surface area (Å²) < 4.78 is 5.39. The molecule has 1 saturated heterocycles. The van der Waals surface area contributed by atoms with Crippen LogP contribution < -0.4 is 0 Å². The van der Waals surface area contributed by atoms with E-state index in [2.05, 4.69) is 15.0 Å².